The van der Waals surface area contributed by atoms with Gasteiger partial charge in [0.2, 0.25) is 5.71 Å². The Morgan fingerprint density at radius 3 is 2.41 bits per heavy atom. The van der Waals surface area contributed by atoms with Crippen molar-refractivity contribution in [3.8, 4) is 11.8 Å². The number of hydrogen-bond acceptors (Lipinski definition) is 5. The van der Waals surface area contributed by atoms with Crippen molar-refractivity contribution in [2.24, 2.45) is 10.8 Å². The molecule has 1 rings (SSSR count). The van der Waals surface area contributed by atoms with Crippen molar-refractivity contribution in [1.82, 2.24) is 0 Å². The minimum atomic E-state index is -0.420. The maximum atomic E-state index is 9.48. The molecule has 0 radical (unpaired) electrons. The Morgan fingerprint density at radius 1 is 1.47 bits per heavy atom. The van der Waals surface area contributed by atoms with Gasteiger partial charge in [0.15, 0.2) is 5.84 Å². The largest absolute Gasteiger partial charge is 0.506 e. The molecule has 0 aromatic heterocycles. The second-order valence-electron chi connectivity index (χ2n) is 2.89. The van der Waals surface area contributed by atoms with E-state index in [1.54, 1.807) is 18.2 Å². The van der Waals surface area contributed by atoms with E-state index in [-0.39, 0.29) is 11.5 Å². The summed E-state index contributed by atoms with van der Waals surface area (Å²) in [4.78, 5) is 0. The predicted octanol–water partition coefficient (Wildman–Crippen LogP) is 2.14. The molecule has 6 nitrogen and oxygen atoms in total. The normalized spacial score (nSPS) is 10.8. The van der Waals surface area contributed by atoms with Crippen LogP contribution >= 0.6 is 31.9 Å². The fourth-order valence-electron chi connectivity index (χ4n) is 0.896. The number of nitrogens with zero attached hydrogens (tertiary/aromatic N) is 2. The Bertz CT molecular complexity index is 512. The first-order valence-corrected chi connectivity index (χ1v) is 5.80. The van der Waals surface area contributed by atoms with Crippen LogP contribution in [-0.4, -0.2) is 16.7 Å². The van der Waals surface area contributed by atoms with Gasteiger partial charge < -0.3 is 10.8 Å². The molecule has 0 aliphatic rings. The number of halogens is 2. The van der Waals surface area contributed by atoms with Gasteiger partial charge in [-0.1, -0.05) is 0 Å². The molecule has 8 heteroatoms. The molecule has 0 bridgehead atoms. The SMILES string of the molecule is N#C/C(=N\Nc1cc(Br)c(O)c(Br)c1)C(=N)N. The van der Waals surface area contributed by atoms with E-state index in [1.807, 2.05) is 0 Å². The van der Waals surface area contributed by atoms with Crippen LogP contribution < -0.4 is 11.2 Å². The van der Waals surface area contributed by atoms with Crippen LogP contribution in [0.5, 0.6) is 5.75 Å². The second kappa shape index (κ2) is 5.65. The lowest BCUT2D eigenvalue weighted by molar-refractivity contribution is 0.468. The summed E-state index contributed by atoms with van der Waals surface area (Å²) in [5.41, 5.74) is 7.99. The Labute approximate surface area is 114 Å². The van der Waals surface area contributed by atoms with Gasteiger partial charge in [0, 0.05) is 0 Å². The van der Waals surface area contributed by atoms with Crippen LogP contribution in [-0.2, 0) is 0 Å². The molecule has 5 N–H and O–H groups in total. The van der Waals surface area contributed by atoms with Crippen molar-refractivity contribution < 1.29 is 5.11 Å². The first kappa shape index (κ1) is 13.5. The number of rotatable bonds is 3. The van der Waals surface area contributed by atoms with Gasteiger partial charge in [0.05, 0.1) is 14.6 Å². The third-order valence-electron chi connectivity index (χ3n) is 1.67. The number of anilines is 1. The molecule has 0 heterocycles. The number of nitriles is 1. The molecule has 0 unspecified atom stereocenters. The third-order valence-corrected chi connectivity index (χ3v) is 2.88. The van der Waals surface area contributed by atoms with Gasteiger partial charge in [0.1, 0.15) is 11.8 Å². The molecule has 0 saturated carbocycles. The van der Waals surface area contributed by atoms with Crippen LogP contribution in [0.15, 0.2) is 26.2 Å². The molecule has 0 aliphatic carbocycles. The van der Waals surface area contributed by atoms with Crippen molar-refractivity contribution in [1.29, 1.82) is 10.7 Å². The monoisotopic (exact) mass is 359 g/mol. The molecule has 0 saturated heterocycles. The number of amidine groups is 1. The van der Waals surface area contributed by atoms with Gasteiger partial charge in [-0.2, -0.15) is 10.4 Å². The van der Waals surface area contributed by atoms with Crippen LogP contribution in [0, 0.1) is 16.7 Å². The van der Waals surface area contributed by atoms with Crippen LogP contribution in [0.4, 0.5) is 5.69 Å². The number of phenols is 1. The zero-order valence-electron chi connectivity index (χ0n) is 8.33. The minimum Gasteiger partial charge on any atom is -0.506 e. The summed E-state index contributed by atoms with van der Waals surface area (Å²) in [6.07, 6.45) is 0. The van der Waals surface area contributed by atoms with E-state index >= 15 is 0 Å². The summed E-state index contributed by atoms with van der Waals surface area (Å²) < 4.78 is 0.928. The van der Waals surface area contributed by atoms with Gasteiger partial charge >= 0.3 is 0 Å². The molecule has 0 atom stereocenters. The highest BCUT2D eigenvalue weighted by Gasteiger charge is 2.06. The highest BCUT2D eigenvalue weighted by molar-refractivity contribution is 9.11. The van der Waals surface area contributed by atoms with Crippen LogP contribution in [0.25, 0.3) is 0 Å². The van der Waals surface area contributed by atoms with Gasteiger partial charge in [-0.15, -0.1) is 0 Å². The minimum absolute atomic E-state index is 0.0617. The number of benzene rings is 1. The average molecular weight is 361 g/mol. The van der Waals surface area contributed by atoms with E-state index in [4.69, 9.17) is 16.4 Å². The molecule has 1 aromatic carbocycles. The van der Waals surface area contributed by atoms with E-state index in [9.17, 15) is 5.11 Å². The number of hydrazone groups is 1. The fourth-order valence-corrected chi connectivity index (χ4v) is 2.08. The number of phenolic OH excluding ortho intramolecular Hbond substituents is 1. The lowest BCUT2D eigenvalue weighted by atomic mass is 10.3. The highest BCUT2D eigenvalue weighted by atomic mass is 79.9. The van der Waals surface area contributed by atoms with E-state index < -0.39 is 5.84 Å². The molecule has 0 fully saturated rings. The first-order valence-electron chi connectivity index (χ1n) is 4.22. The smallest absolute Gasteiger partial charge is 0.201 e. The maximum absolute atomic E-state index is 9.48. The number of hydrogen-bond donors (Lipinski definition) is 4. The second-order valence-corrected chi connectivity index (χ2v) is 4.59. The van der Waals surface area contributed by atoms with Gasteiger partial charge in [-0.05, 0) is 44.0 Å². The summed E-state index contributed by atoms with van der Waals surface area (Å²) >= 11 is 6.30. The molecule has 0 aliphatic heterocycles. The van der Waals surface area contributed by atoms with Crippen molar-refractivity contribution in [2.45, 2.75) is 0 Å². The lowest BCUT2D eigenvalue weighted by Crippen LogP contribution is -2.21. The summed E-state index contributed by atoms with van der Waals surface area (Å²) in [7, 11) is 0. The van der Waals surface area contributed by atoms with E-state index in [2.05, 4.69) is 42.4 Å². The molecule has 0 spiro atoms. The zero-order valence-corrected chi connectivity index (χ0v) is 11.5. The standard InChI is InChI=1S/C9H7Br2N5O/c10-5-1-4(2-6(11)8(5)17)15-16-7(3-12)9(13)14/h1-2,15,17H,(H3,13,14)/b16-7+. The van der Waals surface area contributed by atoms with Gasteiger partial charge in [-0.3, -0.25) is 10.8 Å². The van der Waals surface area contributed by atoms with E-state index in [1.165, 1.54) is 0 Å². The quantitative estimate of drug-likeness (QED) is 0.286. The summed E-state index contributed by atoms with van der Waals surface area (Å²) in [5.74, 6) is -0.358. The summed E-state index contributed by atoms with van der Waals surface area (Å²) in [5, 5.41) is 28.8. The first-order chi connectivity index (χ1) is 7.95. The van der Waals surface area contributed by atoms with Gasteiger partial charge in [0.25, 0.3) is 0 Å². The molecule has 88 valence electrons. The zero-order chi connectivity index (χ0) is 13.0. The highest BCUT2D eigenvalue weighted by Crippen LogP contribution is 2.35. The summed E-state index contributed by atoms with van der Waals surface area (Å²) in [6.45, 7) is 0. The van der Waals surface area contributed by atoms with Crippen LogP contribution in [0.2, 0.25) is 0 Å². The predicted molar refractivity (Wildman–Crippen MR) is 72.1 cm³/mol. The summed E-state index contributed by atoms with van der Waals surface area (Å²) in [6, 6.07) is 4.81. The van der Waals surface area contributed by atoms with E-state index in [0.29, 0.717) is 14.6 Å². The molecule has 17 heavy (non-hydrogen) atoms. The van der Waals surface area contributed by atoms with Crippen molar-refractivity contribution in [3.05, 3.63) is 21.1 Å². The van der Waals surface area contributed by atoms with Crippen LogP contribution in [0.3, 0.4) is 0 Å². The Hall–Kier alpha value is -1.59. The Kier molecular flexibility index (Phi) is 4.48. The molecule has 0 amide bonds. The number of nitrogens with one attached hydrogen (secondary N) is 2. The van der Waals surface area contributed by atoms with Crippen molar-refractivity contribution in [3.63, 3.8) is 0 Å². The van der Waals surface area contributed by atoms with Crippen molar-refractivity contribution in [2.75, 3.05) is 5.43 Å². The van der Waals surface area contributed by atoms with Crippen molar-refractivity contribution >= 4 is 49.1 Å². The lowest BCUT2D eigenvalue weighted by Gasteiger charge is -2.05. The molecule has 1 aromatic rings. The Morgan fingerprint density at radius 2 is 2.00 bits per heavy atom. The third kappa shape index (κ3) is 3.44. The van der Waals surface area contributed by atoms with Gasteiger partial charge in [-0.25, -0.2) is 0 Å². The average Bonchev–Trinajstić information content (AvgIpc) is 2.26. The maximum Gasteiger partial charge on any atom is 0.201 e. The number of nitrogens with two attached hydrogens (primary N) is 1. The fraction of sp³-hybridized carbons (Fsp3) is 0. The Balaban J connectivity index is 2.98. The van der Waals surface area contributed by atoms with Crippen LogP contribution in [0.1, 0.15) is 0 Å². The molecular formula is C9H7Br2N5O. The molecular weight excluding hydrogens is 354 g/mol. The topological polar surface area (TPSA) is 118 Å². The van der Waals surface area contributed by atoms with E-state index in [0.717, 1.165) is 0 Å². The number of aromatic hydroxyl groups is 1.